The number of nitrogens with one attached hydrogen (secondary N) is 1. The van der Waals surface area contributed by atoms with Crippen molar-refractivity contribution in [3.05, 3.63) is 76.9 Å². The molecule has 2 atom stereocenters. The molecule has 2 aromatic carbocycles. The van der Waals surface area contributed by atoms with Crippen molar-refractivity contribution in [2.75, 3.05) is 18.5 Å². The summed E-state index contributed by atoms with van der Waals surface area (Å²) in [6.45, 7) is 5.18. The number of halogens is 1. The van der Waals surface area contributed by atoms with Crippen molar-refractivity contribution < 1.29 is 13.9 Å². The molecule has 0 radical (unpaired) electrons. The van der Waals surface area contributed by atoms with Gasteiger partial charge in [0, 0.05) is 30.1 Å². The number of hydrogen-bond acceptors (Lipinski definition) is 4. The third-order valence-corrected chi connectivity index (χ3v) is 6.14. The van der Waals surface area contributed by atoms with Crippen LogP contribution in [0.25, 0.3) is 5.69 Å². The normalized spacial score (nSPS) is 20.6. The number of carbonyl (C=O) groups excluding carboxylic acids is 1. The molecule has 0 aliphatic carbocycles. The molecule has 5 rings (SSSR count). The fourth-order valence-corrected chi connectivity index (χ4v) is 4.60. The Morgan fingerprint density at radius 2 is 1.94 bits per heavy atom. The van der Waals surface area contributed by atoms with Crippen LogP contribution in [-0.2, 0) is 4.74 Å². The lowest BCUT2D eigenvalue weighted by atomic mass is 10.0. The van der Waals surface area contributed by atoms with Gasteiger partial charge in [-0.15, -0.1) is 0 Å². The van der Waals surface area contributed by atoms with Crippen LogP contribution in [-0.4, -0.2) is 39.8 Å². The number of benzene rings is 2. The van der Waals surface area contributed by atoms with E-state index >= 15 is 0 Å². The molecule has 2 aliphatic rings. The lowest BCUT2D eigenvalue weighted by Crippen LogP contribution is -2.46. The Morgan fingerprint density at radius 3 is 2.68 bits per heavy atom. The molecule has 6 nitrogen and oxygen atoms in total. The third kappa shape index (κ3) is 3.49. The van der Waals surface area contributed by atoms with Gasteiger partial charge in [0.1, 0.15) is 12.0 Å². The summed E-state index contributed by atoms with van der Waals surface area (Å²) >= 11 is 0. The minimum atomic E-state index is -0.360. The number of para-hydroxylation sites is 1. The van der Waals surface area contributed by atoms with Gasteiger partial charge in [-0.1, -0.05) is 12.1 Å². The van der Waals surface area contributed by atoms with Crippen LogP contribution < -0.4 is 5.32 Å². The van der Waals surface area contributed by atoms with Gasteiger partial charge in [0.05, 0.1) is 23.0 Å². The molecule has 1 aromatic heterocycles. The molecule has 160 valence electrons. The van der Waals surface area contributed by atoms with Gasteiger partial charge in [0.2, 0.25) is 0 Å². The van der Waals surface area contributed by atoms with Crippen molar-refractivity contribution in [3.8, 4) is 5.69 Å². The summed E-state index contributed by atoms with van der Waals surface area (Å²) in [7, 11) is 0. The Morgan fingerprint density at radius 1 is 1.16 bits per heavy atom. The van der Waals surface area contributed by atoms with Gasteiger partial charge in [-0.3, -0.25) is 4.79 Å². The smallest absolute Gasteiger partial charge is 0.257 e. The number of hydrogen-bond donors (Lipinski definition) is 1. The maximum absolute atomic E-state index is 13.5. The number of rotatable bonds is 4. The summed E-state index contributed by atoms with van der Waals surface area (Å²) in [6.07, 6.45) is 1.64. The average Bonchev–Trinajstić information content (AvgIpc) is 3.38. The predicted molar refractivity (Wildman–Crippen MR) is 116 cm³/mol. The molecule has 7 heteroatoms. The maximum Gasteiger partial charge on any atom is 0.257 e. The number of ether oxygens (including phenoxy) is 1. The first-order valence-corrected chi connectivity index (χ1v) is 10.6. The van der Waals surface area contributed by atoms with Gasteiger partial charge in [-0.25, -0.2) is 9.07 Å². The third-order valence-electron chi connectivity index (χ3n) is 6.14. The molecule has 0 unspecified atom stereocenters. The molecule has 3 heterocycles. The van der Waals surface area contributed by atoms with E-state index in [4.69, 9.17) is 9.84 Å². The number of carbonyl (C=O) groups is 1. The average molecular weight is 420 g/mol. The maximum atomic E-state index is 13.5. The summed E-state index contributed by atoms with van der Waals surface area (Å²) in [4.78, 5) is 15.4. The van der Waals surface area contributed by atoms with Crippen molar-refractivity contribution in [2.24, 2.45) is 0 Å². The molecule has 0 saturated carbocycles. The second-order valence-electron chi connectivity index (χ2n) is 8.16. The molecule has 1 amide bonds. The van der Waals surface area contributed by atoms with Gasteiger partial charge < -0.3 is 15.0 Å². The van der Waals surface area contributed by atoms with E-state index in [9.17, 15) is 9.18 Å². The van der Waals surface area contributed by atoms with E-state index in [0.717, 1.165) is 47.8 Å². The topological polar surface area (TPSA) is 59.4 Å². The first kappa shape index (κ1) is 19.8. The molecule has 1 fully saturated rings. The van der Waals surface area contributed by atoms with E-state index in [2.05, 4.69) is 5.32 Å². The fourth-order valence-electron chi connectivity index (χ4n) is 4.60. The molecular weight excluding hydrogens is 395 g/mol. The molecule has 31 heavy (non-hydrogen) atoms. The molecule has 2 aliphatic heterocycles. The first-order chi connectivity index (χ1) is 15.0. The van der Waals surface area contributed by atoms with E-state index in [1.165, 1.54) is 12.1 Å². The summed E-state index contributed by atoms with van der Waals surface area (Å²) < 4.78 is 21.1. The quantitative estimate of drug-likeness (QED) is 0.681. The number of aromatic nitrogens is 2. The van der Waals surface area contributed by atoms with Crippen molar-refractivity contribution in [1.82, 2.24) is 14.7 Å². The molecule has 1 saturated heterocycles. The van der Waals surface area contributed by atoms with Crippen LogP contribution in [0.2, 0.25) is 0 Å². The summed E-state index contributed by atoms with van der Waals surface area (Å²) in [5, 5.41) is 8.28. The Balaban J connectivity index is 1.58. The van der Waals surface area contributed by atoms with Crippen LogP contribution >= 0.6 is 0 Å². The second kappa shape index (κ2) is 7.81. The van der Waals surface area contributed by atoms with Crippen LogP contribution in [0.4, 0.5) is 10.1 Å². The molecule has 3 aromatic rings. The van der Waals surface area contributed by atoms with E-state index < -0.39 is 0 Å². The van der Waals surface area contributed by atoms with Crippen LogP contribution in [0.5, 0.6) is 0 Å². The summed E-state index contributed by atoms with van der Waals surface area (Å²) in [6, 6.07) is 13.8. The van der Waals surface area contributed by atoms with E-state index in [0.29, 0.717) is 12.1 Å². The van der Waals surface area contributed by atoms with Crippen molar-refractivity contribution in [1.29, 1.82) is 0 Å². The first-order valence-electron chi connectivity index (χ1n) is 10.6. The van der Waals surface area contributed by atoms with Gasteiger partial charge in [0.25, 0.3) is 5.91 Å². The predicted octanol–water partition coefficient (Wildman–Crippen LogP) is 4.37. The summed E-state index contributed by atoms with van der Waals surface area (Å²) in [5.74, 6) is -0.299. The zero-order valence-corrected chi connectivity index (χ0v) is 17.6. The van der Waals surface area contributed by atoms with Crippen LogP contribution in [0, 0.1) is 19.7 Å². The highest BCUT2D eigenvalue weighted by Crippen LogP contribution is 2.37. The monoisotopic (exact) mass is 420 g/mol. The standard InChI is InChI=1S/C24H25FN4O2/c1-15-22(16(2)29(27-15)18-11-9-17(25)10-12-18)23-26-21-8-4-3-7-20(21)24(30)28(23)14-19-6-5-13-31-19/h3-4,7-12,19,23,26H,5-6,13-14H2,1-2H3/t19-,23+/m1/s1. The number of anilines is 1. The fraction of sp³-hybridized carbons (Fsp3) is 0.333. The van der Waals surface area contributed by atoms with Gasteiger partial charge in [0.15, 0.2) is 0 Å². The summed E-state index contributed by atoms with van der Waals surface area (Å²) in [5.41, 5.74) is 4.94. The van der Waals surface area contributed by atoms with Crippen molar-refractivity contribution in [2.45, 2.75) is 39.0 Å². The Kier molecular flexibility index (Phi) is 4.98. The van der Waals surface area contributed by atoms with E-state index in [1.54, 1.807) is 16.8 Å². The Bertz CT molecular complexity index is 1120. The number of nitrogens with zero attached hydrogens (tertiary/aromatic N) is 3. The lowest BCUT2D eigenvalue weighted by molar-refractivity contribution is 0.0426. The highest BCUT2D eigenvalue weighted by atomic mass is 19.1. The van der Waals surface area contributed by atoms with E-state index in [-0.39, 0.29) is 24.0 Å². The highest BCUT2D eigenvalue weighted by molar-refractivity contribution is 6.01. The van der Waals surface area contributed by atoms with Crippen LogP contribution in [0.3, 0.4) is 0 Å². The Hall–Kier alpha value is -3.19. The molecule has 0 bridgehead atoms. The second-order valence-corrected chi connectivity index (χ2v) is 8.16. The largest absolute Gasteiger partial charge is 0.376 e. The van der Waals surface area contributed by atoms with Gasteiger partial charge in [-0.05, 0) is 63.1 Å². The van der Waals surface area contributed by atoms with Gasteiger partial charge >= 0.3 is 0 Å². The van der Waals surface area contributed by atoms with Crippen LogP contribution in [0.15, 0.2) is 48.5 Å². The van der Waals surface area contributed by atoms with Crippen LogP contribution in [0.1, 0.15) is 46.3 Å². The van der Waals surface area contributed by atoms with E-state index in [1.807, 2.05) is 43.0 Å². The molecule has 1 N–H and O–H groups in total. The number of fused-ring (bicyclic) bond motifs is 1. The lowest BCUT2D eigenvalue weighted by Gasteiger charge is -2.39. The Labute approximate surface area is 180 Å². The minimum absolute atomic E-state index is 0.0109. The SMILES string of the molecule is Cc1nn(-c2ccc(F)cc2)c(C)c1[C@H]1Nc2ccccc2C(=O)N1C[C@H]1CCCO1. The zero-order chi connectivity index (χ0) is 21.5. The van der Waals surface area contributed by atoms with Crippen molar-refractivity contribution >= 4 is 11.6 Å². The molecular formula is C24H25FN4O2. The minimum Gasteiger partial charge on any atom is -0.376 e. The highest BCUT2D eigenvalue weighted by Gasteiger charge is 2.37. The molecule has 0 spiro atoms. The van der Waals surface area contributed by atoms with Gasteiger partial charge in [-0.2, -0.15) is 5.10 Å². The zero-order valence-electron chi connectivity index (χ0n) is 17.6. The number of aryl methyl sites for hydroxylation is 1. The number of amides is 1. The van der Waals surface area contributed by atoms with Crippen molar-refractivity contribution in [3.63, 3.8) is 0 Å².